The Bertz CT molecular complexity index is 307. The molecule has 2 rings (SSSR count). The minimum atomic E-state index is -0.396. The van der Waals surface area contributed by atoms with Crippen LogP contribution in [0.4, 0.5) is 0 Å². The molecule has 0 spiro atoms. The molecule has 23 heavy (non-hydrogen) atoms. The molecule has 0 bridgehead atoms. The van der Waals surface area contributed by atoms with Crippen LogP contribution < -0.4 is 0 Å². The predicted molar refractivity (Wildman–Crippen MR) is 85.0 cm³/mol. The molecule has 0 aliphatic carbocycles. The Hall–Kier alpha value is -0.690. The fourth-order valence-electron chi connectivity index (χ4n) is 2.74. The Kier molecular flexibility index (Phi) is 8.89. The van der Waals surface area contributed by atoms with Gasteiger partial charge in [0.1, 0.15) is 0 Å². The van der Waals surface area contributed by atoms with E-state index < -0.39 is 12.6 Å². The summed E-state index contributed by atoms with van der Waals surface area (Å²) in [7, 11) is 0. The zero-order chi connectivity index (χ0) is 16.3. The molecule has 2 heterocycles. The third kappa shape index (κ3) is 7.16. The maximum Gasteiger partial charge on any atom is 0.273 e. The molecule has 0 aromatic rings. The zero-order valence-corrected chi connectivity index (χ0v) is 14.3. The van der Waals surface area contributed by atoms with Gasteiger partial charge in [0, 0.05) is 32.5 Å². The maximum atomic E-state index is 12.4. The van der Waals surface area contributed by atoms with Gasteiger partial charge in [-0.25, -0.2) is 9.68 Å². The van der Waals surface area contributed by atoms with Crippen LogP contribution in [0.3, 0.4) is 0 Å². The summed E-state index contributed by atoms with van der Waals surface area (Å²) in [6.07, 6.45) is 9.58. The van der Waals surface area contributed by atoms with E-state index in [1.54, 1.807) is 0 Å². The van der Waals surface area contributed by atoms with E-state index in [0.29, 0.717) is 19.6 Å². The first-order valence-electron chi connectivity index (χ1n) is 9.19. The summed E-state index contributed by atoms with van der Waals surface area (Å²) in [6.45, 7) is 3.49. The molecule has 2 unspecified atom stereocenters. The van der Waals surface area contributed by atoms with Crippen LogP contribution >= 0.6 is 0 Å². The monoisotopic (exact) mass is 329 g/mol. The third-order valence-corrected chi connectivity index (χ3v) is 4.15. The summed E-state index contributed by atoms with van der Waals surface area (Å²) < 4.78 is 11.1. The number of carbonyl (C=O) groups is 1. The predicted octanol–water partition coefficient (Wildman–Crippen LogP) is 3.70. The van der Waals surface area contributed by atoms with Gasteiger partial charge in [0.15, 0.2) is 12.6 Å². The highest BCUT2D eigenvalue weighted by atomic mass is 17.0. The fraction of sp³-hybridized carbons (Fsp3) is 0.941. The Morgan fingerprint density at radius 1 is 0.957 bits per heavy atom. The summed E-state index contributed by atoms with van der Waals surface area (Å²) in [5.74, 6) is -0.149. The molecule has 6 heteroatoms. The smallest absolute Gasteiger partial charge is 0.273 e. The summed E-state index contributed by atoms with van der Waals surface area (Å²) >= 11 is 0. The van der Waals surface area contributed by atoms with E-state index in [-0.39, 0.29) is 5.91 Å². The van der Waals surface area contributed by atoms with Crippen LogP contribution in [0.2, 0.25) is 0 Å². The SMILES string of the molecule is CCCCCCC(=O)N(OC1CCCCO1)OC1CCCCO1. The molecule has 2 aliphatic rings. The molecule has 0 aromatic heterocycles. The van der Waals surface area contributed by atoms with Gasteiger partial charge < -0.3 is 9.47 Å². The number of hydrogen-bond donors (Lipinski definition) is 0. The average Bonchev–Trinajstić information content (AvgIpc) is 2.60. The highest BCUT2D eigenvalue weighted by Gasteiger charge is 2.27. The minimum Gasteiger partial charge on any atom is -0.350 e. The highest BCUT2D eigenvalue weighted by molar-refractivity contribution is 5.73. The van der Waals surface area contributed by atoms with Crippen molar-refractivity contribution in [1.82, 2.24) is 5.23 Å². The summed E-state index contributed by atoms with van der Waals surface area (Å²) in [5.41, 5.74) is 0. The first-order valence-corrected chi connectivity index (χ1v) is 9.19. The molecule has 2 saturated heterocycles. The molecule has 0 N–H and O–H groups in total. The van der Waals surface area contributed by atoms with Gasteiger partial charge in [0.2, 0.25) is 0 Å². The first-order chi connectivity index (χ1) is 11.3. The van der Waals surface area contributed by atoms with Gasteiger partial charge in [-0.15, -0.1) is 0 Å². The lowest BCUT2D eigenvalue weighted by atomic mass is 10.1. The van der Waals surface area contributed by atoms with E-state index >= 15 is 0 Å². The van der Waals surface area contributed by atoms with E-state index in [1.165, 1.54) is 0 Å². The highest BCUT2D eigenvalue weighted by Crippen LogP contribution is 2.20. The van der Waals surface area contributed by atoms with Gasteiger partial charge in [-0.05, 0) is 32.1 Å². The second-order valence-electron chi connectivity index (χ2n) is 6.26. The van der Waals surface area contributed by atoms with Crippen molar-refractivity contribution in [2.75, 3.05) is 13.2 Å². The van der Waals surface area contributed by atoms with Crippen LogP contribution in [-0.2, 0) is 23.9 Å². The molecule has 0 saturated carbocycles. The van der Waals surface area contributed by atoms with Gasteiger partial charge in [0.05, 0.1) is 0 Å². The molecule has 134 valence electrons. The molecule has 6 nitrogen and oxygen atoms in total. The van der Waals surface area contributed by atoms with Gasteiger partial charge in [-0.3, -0.25) is 4.79 Å². The molecule has 2 aliphatic heterocycles. The maximum absolute atomic E-state index is 12.4. The molecule has 2 fully saturated rings. The Morgan fingerprint density at radius 3 is 2.04 bits per heavy atom. The van der Waals surface area contributed by atoms with Crippen LogP contribution in [-0.4, -0.2) is 36.9 Å². The van der Waals surface area contributed by atoms with E-state index in [2.05, 4.69) is 6.92 Å². The quantitative estimate of drug-likeness (QED) is 0.477. The van der Waals surface area contributed by atoms with Crippen molar-refractivity contribution in [3.8, 4) is 0 Å². The van der Waals surface area contributed by atoms with Crippen molar-refractivity contribution in [2.24, 2.45) is 0 Å². The topological polar surface area (TPSA) is 57.2 Å². The molecule has 2 atom stereocenters. The second-order valence-corrected chi connectivity index (χ2v) is 6.26. The van der Waals surface area contributed by atoms with Crippen molar-refractivity contribution in [1.29, 1.82) is 0 Å². The lowest BCUT2D eigenvalue weighted by Gasteiger charge is -2.31. The Labute approximate surface area is 139 Å². The fourth-order valence-corrected chi connectivity index (χ4v) is 2.74. The van der Waals surface area contributed by atoms with Crippen molar-refractivity contribution in [2.45, 2.75) is 90.1 Å². The minimum absolute atomic E-state index is 0.149. The van der Waals surface area contributed by atoms with Crippen molar-refractivity contribution in [3.63, 3.8) is 0 Å². The number of hydrogen-bond acceptors (Lipinski definition) is 5. The summed E-state index contributed by atoms with van der Waals surface area (Å²) in [5, 5.41) is 1.04. The van der Waals surface area contributed by atoms with Crippen LogP contribution in [0.5, 0.6) is 0 Å². The molecular weight excluding hydrogens is 298 g/mol. The summed E-state index contributed by atoms with van der Waals surface area (Å²) in [6, 6.07) is 0. The second kappa shape index (κ2) is 11.0. The third-order valence-electron chi connectivity index (χ3n) is 4.15. The number of ether oxygens (including phenoxy) is 2. The van der Waals surface area contributed by atoms with Crippen molar-refractivity contribution < 1.29 is 23.9 Å². The summed E-state index contributed by atoms with van der Waals surface area (Å²) in [4.78, 5) is 23.8. The number of hydroxylamine groups is 2. The van der Waals surface area contributed by atoms with Gasteiger partial charge in [-0.1, -0.05) is 31.4 Å². The van der Waals surface area contributed by atoms with E-state index in [0.717, 1.165) is 69.4 Å². The van der Waals surface area contributed by atoms with Crippen molar-refractivity contribution >= 4 is 5.91 Å². The van der Waals surface area contributed by atoms with Gasteiger partial charge in [0.25, 0.3) is 5.91 Å². The number of rotatable bonds is 9. The Morgan fingerprint density at radius 2 is 1.57 bits per heavy atom. The van der Waals surface area contributed by atoms with Crippen LogP contribution in [0.25, 0.3) is 0 Å². The number of amides is 1. The largest absolute Gasteiger partial charge is 0.350 e. The molecule has 0 radical (unpaired) electrons. The lowest BCUT2D eigenvalue weighted by molar-refractivity contribution is -0.435. The van der Waals surface area contributed by atoms with E-state index in [4.69, 9.17) is 19.1 Å². The standard InChI is InChI=1S/C17H31NO5/c1-2-3-4-5-10-15(19)18(22-16-11-6-8-13-20-16)23-17-12-7-9-14-21-17/h16-17H,2-14H2,1H3. The normalized spacial score (nSPS) is 25.3. The average molecular weight is 329 g/mol. The molecule has 1 amide bonds. The zero-order valence-electron chi connectivity index (χ0n) is 14.3. The first kappa shape index (κ1) is 18.6. The number of carbonyl (C=O) groups excluding carboxylic acids is 1. The van der Waals surface area contributed by atoms with Gasteiger partial charge >= 0.3 is 0 Å². The van der Waals surface area contributed by atoms with E-state index in [1.807, 2.05) is 0 Å². The van der Waals surface area contributed by atoms with Crippen molar-refractivity contribution in [3.05, 3.63) is 0 Å². The Balaban J connectivity index is 1.82. The van der Waals surface area contributed by atoms with Crippen LogP contribution in [0, 0.1) is 0 Å². The van der Waals surface area contributed by atoms with Crippen LogP contribution in [0.1, 0.15) is 77.6 Å². The molecule has 0 aromatic carbocycles. The molecular formula is C17H31NO5. The number of nitrogens with zero attached hydrogens (tertiary/aromatic N) is 1. The van der Waals surface area contributed by atoms with E-state index in [9.17, 15) is 4.79 Å². The number of unbranched alkanes of at least 4 members (excludes halogenated alkanes) is 3. The van der Waals surface area contributed by atoms with Gasteiger partial charge in [-0.2, -0.15) is 0 Å². The van der Waals surface area contributed by atoms with Crippen LogP contribution in [0.15, 0.2) is 0 Å². The lowest BCUT2D eigenvalue weighted by Crippen LogP contribution is -2.41.